The molecule has 1 aromatic rings. The van der Waals surface area contributed by atoms with Crippen LogP contribution in [0.3, 0.4) is 0 Å². The van der Waals surface area contributed by atoms with Crippen LogP contribution in [0.2, 0.25) is 0 Å². The van der Waals surface area contributed by atoms with Crippen molar-refractivity contribution < 1.29 is 0 Å². The van der Waals surface area contributed by atoms with E-state index in [1.165, 1.54) is 0 Å². The molecule has 0 unspecified atom stereocenters. The number of nitrogens with one attached hydrogen (secondary N) is 1. The number of nitrogens with zero attached hydrogens (tertiary/aromatic N) is 1. The van der Waals surface area contributed by atoms with Crippen LogP contribution in [-0.2, 0) is 0 Å². The topological polar surface area (TPSA) is 71.8 Å². The minimum Gasteiger partial charge on any atom is -0.394 e. The molecule has 0 amide bonds. The normalized spacial score (nSPS) is 16.7. The second-order valence-electron chi connectivity index (χ2n) is 2.84. The van der Waals surface area contributed by atoms with Gasteiger partial charge in [0.1, 0.15) is 5.69 Å². The summed E-state index contributed by atoms with van der Waals surface area (Å²) in [5.41, 5.74) is 6.52. The molecule has 1 aliphatic carbocycles. The molecule has 1 saturated carbocycles. The summed E-state index contributed by atoms with van der Waals surface area (Å²) in [6, 6.07) is 0. The minimum atomic E-state index is -0.269. The fraction of sp³-hybridized carbons (Fsp3) is 0.429. The Labute approximate surface area is 63.4 Å². The lowest BCUT2D eigenvalue weighted by Gasteiger charge is -1.98. The van der Waals surface area contributed by atoms with Crippen LogP contribution in [0.1, 0.15) is 24.3 Å². The monoisotopic (exact) mass is 151 g/mol. The molecule has 0 aliphatic heterocycles. The van der Waals surface area contributed by atoms with Gasteiger partial charge in [-0.2, -0.15) is 5.10 Å². The van der Waals surface area contributed by atoms with Crippen LogP contribution in [0, 0.1) is 0 Å². The molecule has 0 aromatic carbocycles. The molecule has 0 spiro atoms. The Hall–Kier alpha value is -1.32. The number of hydrogen-bond donors (Lipinski definition) is 2. The van der Waals surface area contributed by atoms with Gasteiger partial charge in [-0.3, -0.25) is 4.79 Å². The lowest BCUT2D eigenvalue weighted by Crippen LogP contribution is -2.15. The van der Waals surface area contributed by atoms with E-state index < -0.39 is 0 Å². The average molecular weight is 151 g/mol. The van der Waals surface area contributed by atoms with Crippen LogP contribution in [0.5, 0.6) is 0 Å². The highest BCUT2D eigenvalue weighted by atomic mass is 16.1. The summed E-state index contributed by atoms with van der Waals surface area (Å²) in [5.74, 6) is 0.491. The first-order valence-corrected chi connectivity index (χ1v) is 3.62. The third-order valence-electron chi connectivity index (χ3n) is 1.94. The molecule has 1 fully saturated rings. The zero-order chi connectivity index (χ0) is 7.84. The molecule has 2 rings (SSSR count). The van der Waals surface area contributed by atoms with Crippen molar-refractivity contribution in [2.45, 2.75) is 18.8 Å². The van der Waals surface area contributed by atoms with Gasteiger partial charge in [-0.1, -0.05) is 0 Å². The maximum atomic E-state index is 10.9. The third-order valence-corrected chi connectivity index (χ3v) is 1.94. The van der Waals surface area contributed by atoms with Crippen LogP contribution in [0.25, 0.3) is 0 Å². The van der Waals surface area contributed by atoms with Gasteiger partial charge in [-0.15, -0.1) is 0 Å². The van der Waals surface area contributed by atoms with E-state index in [9.17, 15) is 4.79 Å². The summed E-state index contributed by atoms with van der Waals surface area (Å²) < 4.78 is 0. The smallest absolute Gasteiger partial charge is 0.287 e. The van der Waals surface area contributed by atoms with Crippen LogP contribution in [0.4, 0.5) is 5.69 Å². The molecule has 4 nitrogen and oxygen atoms in total. The molecule has 58 valence electrons. The zero-order valence-corrected chi connectivity index (χ0v) is 6.00. The molecule has 3 N–H and O–H groups in total. The SMILES string of the molecule is Nc1c(C2CC2)cn[nH]c1=O. The first-order valence-electron chi connectivity index (χ1n) is 3.62. The molecule has 4 heteroatoms. The first-order chi connectivity index (χ1) is 5.29. The molecule has 11 heavy (non-hydrogen) atoms. The van der Waals surface area contributed by atoms with E-state index in [0.29, 0.717) is 11.6 Å². The molecular formula is C7H9N3O. The number of rotatable bonds is 1. The third kappa shape index (κ3) is 1.00. The van der Waals surface area contributed by atoms with Gasteiger partial charge in [-0.05, 0) is 18.8 Å². The van der Waals surface area contributed by atoms with Gasteiger partial charge < -0.3 is 5.73 Å². The standard InChI is InChI=1S/C7H9N3O/c8-6-5(4-1-2-4)3-9-10-7(6)11/h3-4H,1-2H2,(H2,8,9)(H,10,11). The molecule has 0 bridgehead atoms. The predicted octanol–water partition coefficient (Wildman–Crippen LogP) is 0.230. The maximum Gasteiger partial charge on any atom is 0.287 e. The highest BCUT2D eigenvalue weighted by Gasteiger charge is 2.26. The molecule has 1 aliphatic rings. The number of nitrogens with two attached hydrogens (primary N) is 1. The second-order valence-corrected chi connectivity index (χ2v) is 2.84. The van der Waals surface area contributed by atoms with Crippen LogP contribution in [0.15, 0.2) is 11.0 Å². The highest BCUT2D eigenvalue weighted by Crippen LogP contribution is 2.41. The summed E-state index contributed by atoms with van der Waals surface area (Å²) in [4.78, 5) is 10.9. The molecule has 0 saturated heterocycles. The quantitative estimate of drug-likeness (QED) is 0.603. The van der Waals surface area contributed by atoms with E-state index in [-0.39, 0.29) is 5.56 Å². The fourth-order valence-corrected chi connectivity index (χ4v) is 1.14. The summed E-state index contributed by atoms with van der Waals surface area (Å²) in [7, 11) is 0. The number of H-pyrrole nitrogens is 1. The van der Waals surface area contributed by atoms with Gasteiger partial charge in [0, 0.05) is 5.56 Å². The Morgan fingerprint density at radius 1 is 1.64 bits per heavy atom. The highest BCUT2D eigenvalue weighted by molar-refractivity contribution is 5.46. The van der Waals surface area contributed by atoms with Crippen LogP contribution < -0.4 is 11.3 Å². The van der Waals surface area contributed by atoms with Gasteiger partial charge in [0.25, 0.3) is 5.56 Å². The van der Waals surface area contributed by atoms with Crippen LogP contribution >= 0.6 is 0 Å². The summed E-state index contributed by atoms with van der Waals surface area (Å²) >= 11 is 0. The van der Waals surface area contributed by atoms with Crippen molar-refractivity contribution in [3.05, 3.63) is 22.1 Å². The number of aromatic nitrogens is 2. The Morgan fingerprint density at radius 2 is 2.36 bits per heavy atom. The van der Waals surface area contributed by atoms with Gasteiger partial charge in [0.15, 0.2) is 0 Å². The van der Waals surface area contributed by atoms with Crippen molar-refractivity contribution in [2.24, 2.45) is 0 Å². The molecule has 1 heterocycles. The van der Waals surface area contributed by atoms with Crippen molar-refractivity contribution in [3.63, 3.8) is 0 Å². The van der Waals surface area contributed by atoms with Crippen LogP contribution in [-0.4, -0.2) is 10.2 Å². The second kappa shape index (κ2) is 2.08. The van der Waals surface area contributed by atoms with E-state index in [1.807, 2.05) is 0 Å². The van der Waals surface area contributed by atoms with Crippen molar-refractivity contribution in [1.82, 2.24) is 10.2 Å². The lowest BCUT2D eigenvalue weighted by molar-refractivity contribution is 0.951. The maximum absolute atomic E-state index is 10.9. The van der Waals surface area contributed by atoms with Gasteiger partial charge >= 0.3 is 0 Å². The average Bonchev–Trinajstić information content (AvgIpc) is 2.77. The summed E-state index contributed by atoms with van der Waals surface area (Å²) in [5, 5.41) is 5.98. The molecule has 0 atom stereocenters. The van der Waals surface area contributed by atoms with E-state index in [0.717, 1.165) is 18.4 Å². The van der Waals surface area contributed by atoms with E-state index >= 15 is 0 Å². The van der Waals surface area contributed by atoms with Crippen molar-refractivity contribution in [3.8, 4) is 0 Å². The van der Waals surface area contributed by atoms with E-state index in [1.54, 1.807) is 6.20 Å². The van der Waals surface area contributed by atoms with E-state index in [4.69, 9.17) is 5.73 Å². The Balaban J connectivity index is 2.54. The number of nitrogen functional groups attached to an aromatic ring is 1. The number of aromatic amines is 1. The minimum absolute atomic E-state index is 0.269. The van der Waals surface area contributed by atoms with Crippen molar-refractivity contribution >= 4 is 5.69 Å². The van der Waals surface area contributed by atoms with Gasteiger partial charge in [0.05, 0.1) is 6.20 Å². The molecule has 1 aromatic heterocycles. The zero-order valence-electron chi connectivity index (χ0n) is 6.00. The molecule has 0 radical (unpaired) electrons. The van der Waals surface area contributed by atoms with Crippen molar-refractivity contribution in [1.29, 1.82) is 0 Å². The number of anilines is 1. The summed E-state index contributed by atoms with van der Waals surface area (Å²) in [6.45, 7) is 0. The van der Waals surface area contributed by atoms with E-state index in [2.05, 4.69) is 10.2 Å². The Kier molecular flexibility index (Phi) is 1.21. The first kappa shape index (κ1) is 6.39. The molecular weight excluding hydrogens is 142 g/mol. The van der Waals surface area contributed by atoms with Gasteiger partial charge in [-0.25, -0.2) is 5.10 Å². The fourth-order valence-electron chi connectivity index (χ4n) is 1.14. The van der Waals surface area contributed by atoms with Gasteiger partial charge in [0.2, 0.25) is 0 Å². The number of hydrogen-bond acceptors (Lipinski definition) is 3. The lowest BCUT2D eigenvalue weighted by atomic mass is 10.2. The Morgan fingerprint density at radius 3 is 3.00 bits per heavy atom. The van der Waals surface area contributed by atoms with Crippen molar-refractivity contribution in [2.75, 3.05) is 5.73 Å². The predicted molar refractivity (Wildman–Crippen MR) is 41.2 cm³/mol. The largest absolute Gasteiger partial charge is 0.394 e. The summed E-state index contributed by atoms with van der Waals surface area (Å²) in [6.07, 6.45) is 3.92. The Bertz CT molecular complexity index is 327.